The van der Waals surface area contributed by atoms with Crippen LogP contribution in [0.25, 0.3) is 98.4 Å². The Balaban J connectivity index is 1.21. The van der Waals surface area contributed by atoms with Crippen molar-refractivity contribution in [3.8, 4) is 45.3 Å². The van der Waals surface area contributed by atoms with Gasteiger partial charge in [-0.05, 0) is 36.4 Å². The average molecular weight is 633 g/mol. The van der Waals surface area contributed by atoms with Crippen LogP contribution in [-0.2, 0) is 0 Å². The average Bonchev–Trinajstić information content (AvgIpc) is 3.73. The molecule has 10 rings (SSSR count). The van der Waals surface area contributed by atoms with Crippen molar-refractivity contribution in [2.75, 3.05) is 0 Å². The van der Waals surface area contributed by atoms with Crippen molar-refractivity contribution in [2.45, 2.75) is 0 Å². The minimum atomic E-state index is 0.653. The Hall–Kier alpha value is -6.24. The van der Waals surface area contributed by atoms with Gasteiger partial charge in [-0.15, -0.1) is 11.3 Å². The molecule has 0 fully saturated rings. The van der Waals surface area contributed by atoms with Crippen molar-refractivity contribution in [1.82, 2.24) is 19.9 Å². The first-order valence-corrected chi connectivity index (χ1v) is 16.6. The molecule has 0 atom stereocenters. The van der Waals surface area contributed by atoms with Gasteiger partial charge in [-0.1, -0.05) is 109 Å². The number of benzene rings is 6. The molecule has 10 aromatic rings. The Morgan fingerprint density at radius 2 is 1.17 bits per heavy atom. The lowest BCUT2D eigenvalue weighted by molar-refractivity contribution is 0.669. The third-order valence-electron chi connectivity index (χ3n) is 8.91. The van der Waals surface area contributed by atoms with Gasteiger partial charge in [0, 0.05) is 48.5 Å². The standard InChI is InChI=1S/C42H24N4OS/c1-3-12-25(13-4-1)37-28-16-7-9-19-32(28)43-42(44-37)30-18-11-20-34-36(30)31-24-27(22-23-33(31)47-34)41-45-38(26-14-5-2-6-15-26)40-39(46-41)29-17-8-10-21-35(29)48-40/h1-24H. The Labute approximate surface area is 278 Å². The summed E-state index contributed by atoms with van der Waals surface area (Å²) >= 11 is 1.74. The highest BCUT2D eigenvalue weighted by Gasteiger charge is 2.20. The predicted molar refractivity (Wildman–Crippen MR) is 197 cm³/mol. The summed E-state index contributed by atoms with van der Waals surface area (Å²) in [5, 5.41) is 4.09. The van der Waals surface area contributed by atoms with Crippen LogP contribution in [-0.4, -0.2) is 19.9 Å². The third-order valence-corrected chi connectivity index (χ3v) is 10.1. The maximum atomic E-state index is 6.42. The molecule has 0 amide bonds. The Bertz CT molecular complexity index is 2840. The van der Waals surface area contributed by atoms with E-state index in [0.717, 1.165) is 82.1 Å². The lowest BCUT2D eigenvalue weighted by Gasteiger charge is -2.10. The van der Waals surface area contributed by atoms with E-state index < -0.39 is 0 Å². The van der Waals surface area contributed by atoms with E-state index in [1.165, 1.54) is 4.70 Å². The Morgan fingerprint density at radius 1 is 0.458 bits per heavy atom. The summed E-state index contributed by atoms with van der Waals surface area (Å²) < 4.78 is 8.71. The van der Waals surface area contributed by atoms with Crippen LogP contribution in [0.3, 0.4) is 0 Å². The first kappa shape index (κ1) is 26.9. The number of para-hydroxylation sites is 1. The first-order chi connectivity index (χ1) is 23.8. The van der Waals surface area contributed by atoms with Crippen LogP contribution in [0.15, 0.2) is 150 Å². The van der Waals surface area contributed by atoms with Crippen LogP contribution in [0.5, 0.6) is 0 Å². The van der Waals surface area contributed by atoms with Crippen LogP contribution in [0, 0.1) is 0 Å². The number of hydrogen-bond acceptors (Lipinski definition) is 6. The molecule has 0 aliphatic rings. The molecule has 0 spiro atoms. The minimum Gasteiger partial charge on any atom is -0.456 e. The molecule has 5 nitrogen and oxygen atoms in total. The van der Waals surface area contributed by atoms with Gasteiger partial charge in [-0.2, -0.15) is 0 Å². The molecule has 0 saturated heterocycles. The van der Waals surface area contributed by atoms with Gasteiger partial charge in [0.25, 0.3) is 0 Å². The number of aromatic nitrogens is 4. The molecule has 0 bridgehead atoms. The number of furan rings is 1. The molecule has 6 heteroatoms. The summed E-state index contributed by atoms with van der Waals surface area (Å²) in [5.74, 6) is 1.33. The number of thiophene rings is 1. The maximum absolute atomic E-state index is 6.42. The molecule has 0 unspecified atom stereocenters. The number of hydrogen-bond donors (Lipinski definition) is 0. The Morgan fingerprint density at radius 3 is 2.00 bits per heavy atom. The van der Waals surface area contributed by atoms with E-state index in [-0.39, 0.29) is 0 Å². The minimum absolute atomic E-state index is 0.653. The monoisotopic (exact) mass is 632 g/mol. The van der Waals surface area contributed by atoms with Gasteiger partial charge < -0.3 is 4.42 Å². The van der Waals surface area contributed by atoms with E-state index in [4.69, 9.17) is 24.4 Å². The molecule has 0 N–H and O–H groups in total. The smallest absolute Gasteiger partial charge is 0.161 e. The van der Waals surface area contributed by atoms with Crippen LogP contribution >= 0.6 is 11.3 Å². The van der Waals surface area contributed by atoms with Crippen LogP contribution in [0.4, 0.5) is 0 Å². The summed E-state index contributed by atoms with van der Waals surface area (Å²) in [6.45, 7) is 0. The van der Waals surface area contributed by atoms with Gasteiger partial charge in [0.15, 0.2) is 11.6 Å². The van der Waals surface area contributed by atoms with E-state index in [1.807, 2.05) is 60.7 Å². The van der Waals surface area contributed by atoms with E-state index in [9.17, 15) is 0 Å². The zero-order valence-electron chi connectivity index (χ0n) is 25.5. The molecule has 48 heavy (non-hydrogen) atoms. The fraction of sp³-hybridized carbons (Fsp3) is 0. The van der Waals surface area contributed by atoms with E-state index in [2.05, 4.69) is 84.9 Å². The summed E-state index contributed by atoms with van der Waals surface area (Å²) in [5.41, 5.74) is 9.21. The lowest BCUT2D eigenvalue weighted by Crippen LogP contribution is -1.95. The van der Waals surface area contributed by atoms with E-state index in [0.29, 0.717) is 11.6 Å². The highest BCUT2D eigenvalue weighted by Crippen LogP contribution is 2.41. The molecule has 6 aromatic carbocycles. The number of rotatable bonds is 4. The highest BCUT2D eigenvalue weighted by atomic mass is 32.1. The van der Waals surface area contributed by atoms with Crippen LogP contribution < -0.4 is 0 Å². The van der Waals surface area contributed by atoms with E-state index >= 15 is 0 Å². The first-order valence-electron chi connectivity index (χ1n) is 15.8. The number of fused-ring (bicyclic) bond motifs is 7. The van der Waals surface area contributed by atoms with Crippen molar-refractivity contribution in [2.24, 2.45) is 0 Å². The number of nitrogens with zero attached hydrogens (tertiary/aromatic N) is 4. The van der Waals surface area contributed by atoms with Crippen molar-refractivity contribution in [1.29, 1.82) is 0 Å². The molecule has 0 aliphatic heterocycles. The molecule has 4 aromatic heterocycles. The SMILES string of the molecule is c1ccc(-c2nc(-c3cccc4oc5ccc(-c6nc(-c7ccccc7)c7sc8ccccc8c7n6)cc5c34)nc3ccccc23)cc1. The molecule has 0 radical (unpaired) electrons. The van der Waals surface area contributed by atoms with Gasteiger partial charge >= 0.3 is 0 Å². The molecule has 0 aliphatic carbocycles. The topological polar surface area (TPSA) is 64.7 Å². The second-order valence-corrected chi connectivity index (χ2v) is 12.9. The van der Waals surface area contributed by atoms with Gasteiger partial charge in [0.1, 0.15) is 11.2 Å². The van der Waals surface area contributed by atoms with E-state index in [1.54, 1.807) is 11.3 Å². The second-order valence-electron chi connectivity index (χ2n) is 11.8. The van der Waals surface area contributed by atoms with Crippen LogP contribution in [0.2, 0.25) is 0 Å². The van der Waals surface area contributed by atoms with Gasteiger partial charge in [0.2, 0.25) is 0 Å². The van der Waals surface area contributed by atoms with Gasteiger partial charge in [0.05, 0.1) is 27.1 Å². The highest BCUT2D eigenvalue weighted by molar-refractivity contribution is 7.26. The molecular formula is C42H24N4OS. The second kappa shape index (κ2) is 10.7. The zero-order valence-corrected chi connectivity index (χ0v) is 26.3. The fourth-order valence-corrected chi connectivity index (χ4v) is 7.83. The maximum Gasteiger partial charge on any atom is 0.161 e. The van der Waals surface area contributed by atoms with Gasteiger partial charge in [-0.3, -0.25) is 0 Å². The van der Waals surface area contributed by atoms with Crippen molar-refractivity contribution >= 4 is 64.5 Å². The summed E-state index contributed by atoms with van der Waals surface area (Å²) in [4.78, 5) is 20.7. The molecule has 0 saturated carbocycles. The zero-order chi connectivity index (χ0) is 31.6. The van der Waals surface area contributed by atoms with Crippen molar-refractivity contribution in [3.63, 3.8) is 0 Å². The normalized spacial score (nSPS) is 11.8. The van der Waals surface area contributed by atoms with Gasteiger partial charge in [-0.25, -0.2) is 19.9 Å². The predicted octanol–water partition coefficient (Wildman–Crippen LogP) is 11.4. The van der Waals surface area contributed by atoms with Crippen molar-refractivity contribution in [3.05, 3.63) is 146 Å². The summed E-state index contributed by atoms with van der Waals surface area (Å²) in [6, 6.07) is 49.6. The summed E-state index contributed by atoms with van der Waals surface area (Å²) in [6.07, 6.45) is 0. The Kier molecular flexibility index (Phi) is 5.98. The molecular weight excluding hydrogens is 609 g/mol. The lowest BCUT2D eigenvalue weighted by atomic mass is 10.0. The quantitative estimate of drug-likeness (QED) is 0.193. The largest absolute Gasteiger partial charge is 0.456 e. The molecule has 224 valence electrons. The summed E-state index contributed by atoms with van der Waals surface area (Å²) in [7, 11) is 0. The molecule has 4 heterocycles. The fourth-order valence-electron chi connectivity index (χ4n) is 6.68. The van der Waals surface area contributed by atoms with Crippen molar-refractivity contribution < 1.29 is 4.42 Å². The third kappa shape index (κ3) is 4.24. The van der Waals surface area contributed by atoms with Crippen LogP contribution in [0.1, 0.15) is 0 Å².